The van der Waals surface area contributed by atoms with Gasteiger partial charge in [0.25, 0.3) is 5.91 Å². The van der Waals surface area contributed by atoms with Crippen LogP contribution in [0.25, 0.3) is 0 Å². The minimum Gasteiger partial charge on any atom is -0.484 e. The van der Waals surface area contributed by atoms with Crippen molar-refractivity contribution in [3.05, 3.63) is 82.8 Å². The molecule has 2 amide bonds. The molecule has 36 heavy (non-hydrogen) atoms. The number of oxazole rings is 1. The number of hydrogen-bond donors (Lipinski definition) is 1. The number of nitrogens with zero attached hydrogens (tertiary/aromatic N) is 3. The average molecular weight is 495 g/mol. The van der Waals surface area contributed by atoms with E-state index in [4.69, 9.17) is 9.15 Å². The smallest absolute Gasteiger partial charge is 0.273 e. The molecule has 190 valence electrons. The number of benzene rings is 2. The van der Waals surface area contributed by atoms with Gasteiger partial charge in [0.1, 0.15) is 17.8 Å². The van der Waals surface area contributed by atoms with Gasteiger partial charge >= 0.3 is 0 Å². The summed E-state index contributed by atoms with van der Waals surface area (Å²) in [5.74, 6) is 0.198. The SMILES string of the molecule is CCC(=O)N1CCc2ccc(OCc3nc(C(=O)NCCN(C)C)co3)cc2[C@H]1c1cccc(F)c1. The van der Waals surface area contributed by atoms with E-state index >= 15 is 0 Å². The largest absolute Gasteiger partial charge is 0.484 e. The molecular formula is C27H31FN4O4. The normalized spacial score (nSPS) is 15.0. The summed E-state index contributed by atoms with van der Waals surface area (Å²) in [5.41, 5.74) is 2.90. The van der Waals surface area contributed by atoms with Gasteiger partial charge in [0, 0.05) is 26.1 Å². The number of carbonyl (C=O) groups is 2. The third-order valence-corrected chi connectivity index (χ3v) is 6.12. The van der Waals surface area contributed by atoms with Crippen LogP contribution in [-0.4, -0.2) is 60.3 Å². The first-order valence-electron chi connectivity index (χ1n) is 12.0. The van der Waals surface area contributed by atoms with Gasteiger partial charge in [-0.1, -0.05) is 25.1 Å². The zero-order valence-electron chi connectivity index (χ0n) is 20.8. The van der Waals surface area contributed by atoms with Crippen molar-refractivity contribution in [2.45, 2.75) is 32.4 Å². The molecular weight excluding hydrogens is 463 g/mol. The molecule has 4 rings (SSSR count). The molecule has 9 heteroatoms. The molecule has 0 spiro atoms. The van der Waals surface area contributed by atoms with Gasteiger partial charge in [-0.3, -0.25) is 9.59 Å². The molecule has 0 radical (unpaired) electrons. The topological polar surface area (TPSA) is 87.9 Å². The van der Waals surface area contributed by atoms with Crippen LogP contribution in [0, 0.1) is 5.82 Å². The Balaban J connectivity index is 1.50. The first-order valence-corrected chi connectivity index (χ1v) is 12.0. The van der Waals surface area contributed by atoms with Crippen molar-refractivity contribution in [1.82, 2.24) is 20.1 Å². The molecule has 0 bridgehead atoms. The van der Waals surface area contributed by atoms with Crippen molar-refractivity contribution >= 4 is 11.8 Å². The van der Waals surface area contributed by atoms with E-state index < -0.39 is 6.04 Å². The van der Waals surface area contributed by atoms with Crippen LogP contribution in [0.15, 0.2) is 53.1 Å². The van der Waals surface area contributed by atoms with Crippen LogP contribution >= 0.6 is 0 Å². The van der Waals surface area contributed by atoms with E-state index in [2.05, 4.69) is 10.3 Å². The zero-order chi connectivity index (χ0) is 25.7. The second-order valence-electron chi connectivity index (χ2n) is 8.98. The van der Waals surface area contributed by atoms with Gasteiger partial charge in [0.15, 0.2) is 12.3 Å². The fourth-order valence-corrected chi connectivity index (χ4v) is 4.30. The van der Waals surface area contributed by atoms with Crippen LogP contribution in [-0.2, 0) is 17.8 Å². The predicted octanol–water partition coefficient (Wildman–Crippen LogP) is 3.57. The lowest BCUT2D eigenvalue weighted by Gasteiger charge is -2.38. The van der Waals surface area contributed by atoms with Gasteiger partial charge in [0.2, 0.25) is 11.8 Å². The fourth-order valence-electron chi connectivity index (χ4n) is 4.30. The van der Waals surface area contributed by atoms with Gasteiger partial charge in [-0.2, -0.15) is 0 Å². The van der Waals surface area contributed by atoms with Gasteiger partial charge in [0.05, 0.1) is 6.04 Å². The van der Waals surface area contributed by atoms with Crippen molar-refractivity contribution in [1.29, 1.82) is 0 Å². The minimum atomic E-state index is -0.403. The number of rotatable bonds is 9. The second-order valence-corrected chi connectivity index (χ2v) is 8.98. The summed E-state index contributed by atoms with van der Waals surface area (Å²) in [5, 5.41) is 2.79. The molecule has 3 aromatic rings. The van der Waals surface area contributed by atoms with Crippen LogP contribution < -0.4 is 10.1 Å². The van der Waals surface area contributed by atoms with E-state index in [1.807, 2.05) is 50.2 Å². The number of carbonyl (C=O) groups excluding carboxylic acids is 2. The predicted molar refractivity (Wildman–Crippen MR) is 132 cm³/mol. The van der Waals surface area contributed by atoms with Crippen LogP contribution in [0.3, 0.4) is 0 Å². The Hall–Kier alpha value is -3.72. The molecule has 1 aromatic heterocycles. The van der Waals surface area contributed by atoms with Crippen molar-refractivity contribution in [3.63, 3.8) is 0 Å². The summed E-state index contributed by atoms with van der Waals surface area (Å²) in [6.07, 6.45) is 2.39. The third kappa shape index (κ3) is 5.91. The number of hydrogen-bond acceptors (Lipinski definition) is 6. The maximum atomic E-state index is 14.1. The highest BCUT2D eigenvalue weighted by atomic mass is 19.1. The van der Waals surface area contributed by atoms with Crippen LogP contribution in [0.2, 0.25) is 0 Å². The van der Waals surface area contributed by atoms with Gasteiger partial charge in [-0.05, 0) is 61.5 Å². The van der Waals surface area contributed by atoms with E-state index in [0.29, 0.717) is 37.2 Å². The highest BCUT2D eigenvalue weighted by Gasteiger charge is 2.32. The number of nitrogens with one attached hydrogen (secondary N) is 1. The lowest BCUT2D eigenvalue weighted by molar-refractivity contribution is -0.132. The van der Waals surface area contributed by atoms with Gasteiger partial charge in [-0.15, -0.1) is 0 Å². The van der Waals surface area contributed by atoms with Crippen LogP contribution in [0.5, 0.6) is 5.75 Å². The van der Waals surface area contributed by atoms with Crippen molar-refractivity contribution in [2.75, 3.05) is 33.7 Å². The average Bonchev–Trinajstić information content (AvgIpc) is 3.35. The fraction of sp³-hybridized carbons (Fsp3) is 0.370. The lowest BCUT2D eigenvalue weighted by atomic mass is 9.87. The summed E-state index contributed by atoms with van der Waals surface area (Å²) in [6.45, 7) is 3.65. The Labute approximate surface area is 210 Å². The quantitative estimate of drug-likeness (QED) is 0.489. The summed E-state index contributed by atoms with van der Waals surface area (Å²) >= 11 is 0. The lowest BCUT2D eigenvalue weighted by Crippen LogP contribution is -2.40. The number of halogens is 1. The van der Waals surface area contributed by atoms with Crippen molar-refractivity contribution in [2.24, 2.45) is 0 Å². The monoisotopic (exact) mass is 494 g/mol. The molecule has 0 saturated heterocycles. The zero-order valence-corrected chi connectivity index (χ0v) is 20.8. The van der Waals surface area contributed by atoms with Crippen molar-refractivity contribution in [3.8, 4) is 5.75 Å². The van der Waals surface area contributed by atoms with Gasteiger partial charge < -0.3 is 24.3 Å². The molecule has 0 unspecified atom stereocenters. The summed E-state index contributed by atoms with van der Waals surface area (Å²) in [4.78, 5) is 33.0. The Bertz CT molecular complexity index is 1230. The molecule has 0 saturated carbocycles. The Kier molecular flexibility index (Phi) is 8.00. The summed E-state index contributed by atoms with van der Waals surface area (Å²) in [7, 11) is 3.86. The summed E-state index contributed by atoms with van der Waals surface area (Å²) in [6, 6.07) is 11.7. The number of fused-ring (bicyclic) bond motifs is 1. The van der Waals surface area contributed by atoms with E-state index in [9.17, 15) is 14.0 Å². The van der Waals surface area contributed by atoms with E-state index in [-0.39, 0.29) is 35.8 Å². The number of likely N-dealkylation sites (N-methyl/N-ethyl adjacent to an activating group) is 1. The van der Waals surface area contributed by atoms with E-state index in [1.165, 1.54) is 18.4 Å². The molecule has 1 aliphatic rings. The number of ether oxygens (including phenoxy) is 1. The molecule has 2 aromatic carbocycles. The first-order chi connectivity index (χ1) is 17.4. The molecule has 1 atom stereocenters. The maximum absolute atomic E-state index is 14.1. The molecule has 0 fully saturated rings. The Morgan fingerprint density at radius 2 is 2.08 bits per heavy atom. The van der Waals surface area contributed by atoms with E-state index in [1.54, 1.807) is 11.0 Å². The van der Waals surface area contributed by atoms with E-state index in [0.717, 1.165) is 17.7 Å². The third-order valence-electron chi connectivity index (χ3n) is 6.12. The molecule has 1 aliphatic heterocycles. The van der Waals surface area contributed by atoms with Crippen molar-refractivity contribution < 1.29 is 23.1 Å². The first kappa shape index (κ1) is 25.4. The Morgan fingerprint density at radius 3 is 2.83 bits per heavy atom. The Morgan fingerprint density at radius 1 is 1.25 bits per heavy atom. The van der Waals surface area contributed by atoms with Crippen LogP contribution in [0.4, 0.5) is 4.39 Å². The standard InChI is InChI=1S/C27H31FN4O4/c1-4-25(33)32-12-10-18-8-9-21(15-22(18)26(32)19-6-5-7-20(28)14-19)35-17-24-30-23(16-36-24)27(34)29-11-13-31(2)3/h5-9,14-16,26H,4,10-13,17H2,1-3H3,(H,29,34)/t26-/m1/s1. The molecule has 8 nitrogen and oxygen atoms in total. The summed E-state index contributed by atoms with van der Waals surface area (Å²) < 4.78 is 25.4. The minimum absolute atomic E-state index is 0.0115. The highest BCUT2D eigenvalue weighted by molar-refractivity contribution is 5.91. The second kappa shape index (κ2) is 11.3. The van der Waals surface area contributed by atoms with Crippen LogP contribution in [0.1, 0.15) is 52.5 Å². The number of aromatic nitrogens is 1. The van der Waals surface area contributed by atoms with Gasteiger partial charge in [-0.25, -0.2) is 9.37 Å². The maximum Gasteiger partial charge on any atom is 0.273 e. The molecule has 0 aliphatic carbocycles. The molecule has 1 N–H and O–H groups in total. The molecule has 2 heterocycles. The number of amides is 2. The highest BCUT2D eigenvalue weighted by Crippen LogP contribution is 2.37.